The molecule has 1 aromatic carbocycles. The molecular weight excluding hydrogens is 299 g/mol. The number of pyridine rings is 1. The van der Waals surface area contributed by atoms with E-state index in [9.17, 15) is 18.0 Å². The first-order valence-electron chi connectivity index (χ1n) is 6.25. The van der Waals surface area contributed by atoms with Gasteiger partial charge in [-0.15, -0.1) is 13.2 Å². The Morgan fingerprint density at radius 3 is 2.32 bits per heavy atom. The molecule has 0 radical (unpaired) electrons. The van der Waals surface area contributed by atoms with E-state index in [-0.39, 0.29) is 11.4 Å². The zero-order valence-corrected chi connectivity index (χ0v) is 11.3. The average Bonchev–Trinajstić information content (AvgIpc) is 2.73. The number of fused-ring (bicyclic) bond motifs is 1. The van der Waals surface area contributed by atoms with Crippen LogP contribution in [0.15, 0.2) is 47.4 Å². The molecule has 8 heteroatoms. The fourth-order valence-corrected chi connectivity index (χ4v) is 2.10. The molecule has 0 N–H and O–H groups in total. The summed E-state index contributed by atoms with van der Waals surface area (Å²) < 4.78 is 42.7. The second kappa shape index (κ2) is 4.90. The molecule has 0 aliphatic rings. The number of hydrogen-bond acceptors (Lipinski definition) is 3. The normalized spacial score (nSPS) is 11.8. The number of halogens is 3. The number of ether oxygens (including phenoxy) is 1. The van der Waals surface area contributed by atoms with E-state index in [1.807, 2.05) is 0 Å². The molecule has 0 atom stereocenters. The molecule has 0 unspecified atom stereocenters. The molecule has 0 saturated carbocycles. The van der Waals surface area contributed by atoms with E-state index in [4.69, 9.17) is 0 Å². The van der Waals surface area contributed by atoms with Gasteiger partial charge in [-0.1, -0.05) is 12.1 Å². The van der Waals surface area contributed by atoms with Gasteiger partial charge in [-0.25, -0.2) is 13.9 Å². The Kier molecular flexibility index (Phi) is 3.16. The number of alkyl halides is 3. The van der Waals surface area contributed by atoms with Crippen LogP contribution < -0.4 is 10.4 Å². The van der Waals surface area contributed by atoms with E-state index in [0.29, 0.717) is 16.8 Å². The molecule has 114 valence electrons. The number of nitrogens with zero attached hydrogens (tertiary/aromatic N) is 3. The summed E-state index contributed by atoms with van der Waals surface area (Å²) in [7, 11) is 1.54. The van der Waals surface area contributed by atoms with E-state index in [1.165, 1.54) is 40.4 Å². The van der Waals surface area contributed by atoms with Crippen molar-refractivity contribution < 1.29 is 17.9 Å². The van der Waals surface area contributed by atoms with Gasteiger partial charge >= 0.3 is 12.1 Å². The number of aromatic nitrogens is 3. The first-order chi connectivity index (χ1) is 10.3. The van der Waals surface area contributed by atoms with Crippen molar-refractivity contribution in [2.45, 2.75) is 6.36 Å². The van der Waals surface area contributed by atoms with Gasteiger partial charge in [-0.05, 0) is 35.4 Å². The monoisotopic (exact) mass is 309 g/mol. The maximum atomic E-state index is 12.1. The summed E-state index contributed by atoms with van der Waals surface area (Å²) in [6, 6.07) is 8.82. The summed E-state index contributed by atoms with van der Waals surface area (Å²) >= 11 is 0. The fraction of sp³-hybridized carbons (Fsp3) is 0.143. The van der Waals surface area contributed by atoms with Crippen LogP contribution in [0.1, 0.15) is 0 Å². The molecule has 2 aromatic heterocycles. The summed E-state index contributed by atoms with van der Waals surface area (Å²) in [5.41, 5.74) is 1.54. The Morgan fingerprint density at radius 2 is 1.68 bits per heavy atom. The Labute approximate surface area is 122 Å². The molecule has 0 aliphatic heterocycles. The molecule has 0 aliphatic carbocycles. The first kappa shape index (κ1) is 14.2. The van der Waals surface area contributed by atoms with Gasteiger partial charge in [0, 0.05) is 13.2 Å². The third-order valence-electron chi connectivity index (χ3n) is 3.08. The van der Waals surface area contributed by atoms with E-state index in [0.717, 1.165) is 0 Å². The minimum Gasteiger partial charge on any atom is -0.406 e. The van der Waals surface area contributed by atoms with Crippen LogP contribution in [0.2, 0.25) is 0 Å². The zero-order valence-electron chi connectivity index (χ0n) is 11.3. The van der Waals surface area contributed by atoms with Crippen molar-refractivity contribution in [1.82, 2.24) is 14.2 Å². The highest BCUT2D eigenvalue weighted by Crippen LogP contribution is 2.26. The largest absolute Gasteiger partial charge is 0.573 e. The summed E-state index contributed by atoms with van der Waals surface area (Å²) in [6.45, 7) is 0. The molecule has 22 heavy (non-hydrogen) atoms. The topological polar surface area (TPSA) is 48.5 Å². The third-order valence-corrected chi connectivity index (χ3v) is 3.08. The van der Waals surface area contributed by atoms with E-state index in [2.05, 4.69) is 9.84 Å². The SMILES string of the molecule is Cn1nc2ccc(-c3ccc(OC(F)(F)F)cc3)cn2c1=O. The minimum atomic E-state index is -4.72. The van der Waals surface area contributed by atoms with Crippen molar-refractivity contribution in [2.24, 2.45) is 7.05 Å². The van der Waals surface area contributed by atoms with Crippen molar-refractivity contribution in [3.8, 4) is 16.9 Å². The second-order valence-electron chi connectivity index (χ2n) is 4.62. The number of aryl methyl sites for hydroxylation is 1. The smallest absolute Gasteiger partial charge is 0.406 e. The van der Waals surface area contributed by atoms with Crippen molar-refractivity contribution in [3.63, 3.8) is 0 Å². The molecule has 0 fully saturated rings. The Bertz CT molecular complexity index is 879. The minimum absolute atomic E-state index is 0.295. The molecular formula is C14H10F3N3O2. The van der Waals surface area contributed by atoms with Crippen molar-refractivity contribution in [3.05, 3.63) is 53.1 Å². The molecule has 0 bridgehead atoms. The highest BCUT2D eigenvalue weighted by Gasteiger charge is 2.30. The third kappa shape index (κ3) is 2.67. The van der Waals surface area contributed by atoms with Gasteiger partial charge in [0.15, 0.2) is 5.65 Å². The van der Waals surface area contributed by atoms with Gasteiger partial charge in [0.05, 0.1) is 0 Å². The fourth-order valence-electron chi connectivity index (χ4n) is 2.10. The van der Waals surface area contributed by atoms with Crippen LogP contribution in [0.3, 0.4) is 0 Å². The van der Waals surface area contributed by atoms with Gasteiger partial charge in [-0.2, -0.15) is 5.10 Å². The predicted octanol–water partition coefficient (Wildman–Crippen LogP) is 2.60. The number of rotatable bonds is 2. The lowest BCUT2D eigenvalue weighted by Gasteiger charge is -2.09. The van der Waals surface area contributed by atoms with Crippen LogP contribution in [0.5, 0.6) is 5.75 Å². The average molecular weight is 309 g/mol. The van der Waals surface area contributed by atoms with Crippen molar-refractivity contribution in [2.75, 3.05) is 0 Å². The van der Waals surface area contributed by atoms with Gasteiger partial charge in [0.25, 0.3) is 0 Å². The Hall–Kier alpha value is -2.77. The zero-order chi connectivity index (χ0) is 15.9. The Morgan fingerprint density at radius 1 is 1.05 bits per heavy atom. The molecule has 0 amide bonds. The summed E-state index contributed by atoms with van der Waals surface area (Å²) in [4.78, 5) is 11.8. The summed E-state index contributed by atoms with van der Waals surface area (Å²) in [5.74, 6) is -0.295. The molecule has 0 saturated heterocycles. The molecule has 3 aromatic rings. The quantitative estimate of drug-likeness (QED) is 0.731. The van der Waals surface area contributed by atoms with Gasteiger partial charge in [0.1, 0.15) is 5.75 Å². The maximum Gasteiger partial charge on any atom is 0.573 e. The van der Waals surface area contributed by atoms with Crippen LogP contribution >= 0.6 is 0 Å². The summed E-state index contributed by atoms with van der Waals surface area (Å²) in [6.07, 6.45) is -3.13. The Balaban J connectivity index is 1.97. The number of hydrogen-bond donors (Lipinski definition) is 0. The molecule has 2 heterocycles. The lowest BCUT2D eigenvalue weighted by Crippen LogP contribution is -2.17. The van der Waals surface area contributed by atoms with E-state index >= 15 is 0 Å². The first-order valence-corrected chi connectivity index (χ1v) is 6.25. The van der Waals surface area contributed by atoms with Gasteiger partial charge in [-0.3, -0.25) is 0 Å². The standard InChI is InChI=1S/C14H10F3N3O2/c1-19-13(21)20-8-10(4-7-12(20)18-19)9-2-5-11(6-3-9)22-14(15,16)17/h2-8H,1H3. The molecule has 0 spiro atoms. The molecule has 5 nitrogen and oxygen atoms in total. The van der Waals surface area contributed by atoms with Gasteiger partial charge < -0.3 is 4.74 Å². The van der Waals surface area contributed by atoms with Crippen LogP contribution in [-0.2, 0) is 7.05 Å². The van der Waals surface area contributed by atoms with Crippen LogP contribution in [0.25, 0.3) is 16.8 Å². The van der Waals surface area contributed by atoms with Gasteiger partial charge in [0.2, 0.25) is 0 Å². The highest BCUT2D eigenvalue weighted by atomic mass is 19.4. The van der Waals surface area contributed by atoms with E-state index < -0.39 is 6.36 Å². The van der Waals surface area contributed by atoms with Crippen LogP contribution in [0.4, 0.5) is 13.2 Å². The lowest BCUT2D eigenvalue weighted by molar-refractivity contribution is -0.274. The van der Waals surface area contributed by atoms with E-state index in [1.54, 1.807) is 18.3 Å². The van der Waals surface area contributed by atoms with Crippen molar-refractivity contribution >= 4 is 5.65 Å². The predicted molar refractivity (Wildman–Crippen MR) is 72.6 cm³/mol. The highest BCUT2D eigenvalue weighted by molar-refractivity contribution is 5.65. The molecule has 3 rings (SSSR count). The summed E-state index contributed by atoms with van der Waals surface area (Å²) in [5, 5.41) is 4.02. The van der Waals surface area contributed by atoms with Crippen LogP contribution in [-0.4, -0.2) is 20.5 Å². The maximum absolute atomic E-state index is 12.1. The van der Waals surface area contributed by atoms with Crippen molar-refractivity contribution in [1.29, 1.82) is 0 Å². The second-order valence-corrected chi connectivity index (χ2v) is 4.62. The lowest BCUT2D eigenvalue weighted by atomic mass is 10.1. The number of benzene rings is 1. The van der Waals surface area contributed by atoms with Crippen LogP contribution in [0, 0.1) is 0 Å².